The van der Waals surface area contributed by atoms with Crippen LogP contribution in [0.15, 0.2) is 18.2 Å². The molecule has 0 radical (unpaired) electrons. The molecule has 0 bridgehead atoms. The van der Waals surface area contributed by atoms with Gasteiger partial charge in [-0.2, -0.15) is 0 Å². The van der Waals surface area contributed by atoms with Crippen molar-refractivity contribution < 1.29 is 27.6 Å². The first-order valence-corrected chi connectivity index (χ1v) is 7.70. The second-order valence-corrected chi connectivity index (χ2v) is 8.24. The molecule has 20 heavy (non-hydrogen) atoms. The molecular formula is C12H18BFO5S. The average molecular weight is 304 g/mol. The molecule has 0 aromatic heterocycles. The van der Waals surface area contributed by atoms with Crippen LogP contribution < -0.4 is 10.2 Å². The maximum atomic E-state index is 13.2. The van der Waals surface area contributed by atoms with E-state index in [-0.39, 0.29) is 23.6 Å². The van der Waals surface area contributed by atoms with Gasteiger partial charge in [-0.15, -0.1) is 0 Å². The molecule has 1 rings (SSSR count). The summed E-state index contributed by atoms with van der Waals surface area (Å²) in [7, 11) is -5.14. The first-order chi connectivity index (χ1) is 9.03. The highest BCUT2D eigenvalue weighted by atomic mass is 32.2. The smallest absolute Gasteiger partial charge is 0.488 e. The molecule has 112 valence electrons. The van der Waals surface area contributed by atoms with E-state index in [1.165, 1.54) is 6.07 Å². The lowest BCUT2D eigenvalue weighted by molar-refractivity contribution is 0.337. The van der Waals surface area contributed by atoms with Crippen molar-refractivity contribution in [3.63, 3.8) is 0 Å². The molecule has 8 heteroatoms. The first-order valence-electron chi connectivity index (χ1n) is 6.05. The summed E-state index contributed by atoms with van der Waals surface area (Å²) in [5.74, 6) is -0.842. The van der Waals surface area contributed by atoms with Gasteiger partial charge in [0.2, 0.25) is 0 Å². The predicted molar refractivity (Wildman–Crippen MR) is 75.3 cm³/mol. The predicted octanol–water partition coefficient (Wildman–Crippen LogP) is 0.0976. The van der Waals surface area contributed by atoms with Gasteiger partial charge in [0.1, 0.15) is 18.2 Å². The first kappa shape index (κ1) is 16.9. The monoisotopic (exact) mass is 304 g/mol. The minimum Gasteiger partial charge on any atom is -0.492 e. The summed E-state index contributed by atoms with van der Waals surface area (Å²) in [5, 5.41) is 17.9. The van der Waals surface area contributed by atoms with E-state index in [4.69, 9.17) is 14.8 Å². The second kappa shape index (κ2) is 6.11. The molecule has 0 atom stereocenters. The minimum absolute atomic E-state index is 0.0530. The zero-order valence-corrected chi connectivity index (χ0v) is 12.4. The molecule has 1 aromatic rings. The largest absolute Gasteiger partial charge is 0.492 e. The van der Waals surface area contributed by atoms with Crippen molar-refractivity contribution in [3.05, 3.63) is 24.0 Å². The van der Waals surface area contributed by atoms with Crippen LogP contribution in [0, 0.1) is 5.82 Å². The molecular weight excluding hydrogens is 286 g/mol. The molecule has 0 saturated heterocycles. The van der Waals surface area contributed by atoms with E-state index in [0.29, 0.717) is 0 Å². The standard InChI is InChI=1S/C12H18BFO5S/c1-12(2,3)20(17,18)5-4-19-11-7-9(13(15)16)6-10(14)8-11/h6-8,15-16H,4-5H2,1-3H3. The molecule has 0 fully saturated rings. The summed E-state index contributed by atoms with van der Waals surface area (Å²) in [6.45, 7) is 4.63. The number of benzene rings is 1. The van der Waals surface area contributed by atoms with Gasteiger partial charge in [0.15, 0.2) is 9.84 Å². The van der Waals surface area contributed by atoms with E-state index in [1.807, 2.05) is 0 Å². The Labute approximate surface area is 118 Å². The number of hydrogen-bond acceptors (Lipinski definition) is 5. The lowest BCUT2D eigenvalue weighted by Crippen LogP contribution is -2.33. The Bertz CT molecular complexity index is 566. The lowest BCUT2D eigenvalue weighted by Gasteiger charge is -2.19. The van der Waals surface area contributed by atoms with Gasteiger partial charge in [-0.25, -0.2) is 12.8 Å². The number of rotatable bonds is 5. The van der Waals surface area contributed by atoms with Gasteiger partial charge in [0.25, 0.3) is 0 Å². The lowest BCUT2D eigenvalue weighted by atomic mass is 9.80. The fraction of sp³-hybridized carbons (Fsp3) is 0.500. The van der Waals surface area contributed by atoms with E-state index >= 15 is 0 Å². The van der Waals surface area contributed by atoms with E-state index in [0.717, 1.165) is 12.1 Å². The summed E-state index contributed by atoms with van der Waals surface area (Å²) < 4.78 is 41.2. The molecule has 0 aliphatic carbocycles. The van der Waals surface area contributed by atoms with E-state index in [9.17, 15) is 12.8 Å². The van der Waals surface area contributed by atoms with Crippen LogP contribution >= 0.6 is 0 Å². The minimum atomic E-state index is -3.32. The summed E-state index contributed by atoms with van der Waals surface area (Å²) in [6.07, 6.45) is 0. The number of sulfone groups is 1. The van der Waals surface area contributed by atoms with Crippen molar-refractivity contribution in [1.82, 2.24) is 0 Å². The van der Waals surface area contributed by atoms with E-state index in [2.05, 4.69) is 0 Å². The van der Waals surface area contributed by atoms with Crippen LogP contribution in [-0.2, 0) is 9.84 Å². The Morgan fingerprint density at radius 1 is 1.25 bits per heavy atom. The molecule has 0 amide bonds. The quantitative estimate of drug-likeness (QED) is 0.754. The van der Waals surface area contributed by atoms with Gasteiger partial charge < -0.3 is 14.8 Å². The molecule has 1 aromatic carbocycles. The Balaban J connectivity index is 2.72. The molecule has 5 nitrogen and oxygen atoms in total. The van der Waals surface area contributed by atoms with Crippen molar-refractivity contribution in [3.8, 4) is 5.75 Å². The molecule has 0 aliphatic heterocycles. The maximum Gasteiger partial charge on any atom is 0.488 e. The molecule has 0 spiro atoms. The SMILES string of the molecule is CC(C)(C)S(=O)(=O)CCOc1cc(F)cc(B(O)O)c1. The Morgan fingerprint density at radius 3 is 2.35 bits per heavy atom. The van der Waals surface area contributed by atoms with Crippen LogP contribution in [0.3, 0.4) is 0 Å². The fourth-order valence-corrected chi connectivity index (χ4v) is 2.31. The Hall–Kier alpha value is -1.12. The van der Waals surface area contributed by atoms with Crippen LogP contribution in [0.4, 0.5) is 4.39 Å². The zero-order valence-electron chi connectivity index (χ0n) is 11.6. The summed E-state index contributed by atoms with van der Waals surface area (Å²) in [6, 6.07) is 3.26. The third-order valence-electron chi connectivity index (χ3n) is 2.75. The molecule has 0 aliphatic rings. The third kappa shape index (κ3) is 4.47. The average Bonchev–Trinajstić information content (AvgIpc) is 2.26. The molecule has 0 saturated carbocycles. The van der Waals surface area contributed by atoms with Gasteiger partial charge in [-0.05, 0) is 38.4 Å². The van der Waals surface area contributed by atoms with Crippen LogP contribution in [0.25, 0.3) is 0 Å². The molecule has 0 unspecified atom stereocenters. The van der Waals surface area contributed by atoms with E-state index < -0.39 is 27.5 Å². The Morgan fingerprint density at radius 2 is 1.85 bits per heavy atom. The topological polar surface area (TPSA) is 83.8 Å². The van der Waals surface area contributed by atoms with E-state index in [1.54, 1.807) is 20.8 Å². The molecule has 2 N–H and O–H groups in total. The zero-order chi connectivity index (χ0) is 15.6. The number of halogens is 1. The second-order valence-electron chi connectivity index (χ2n) is 5.37. The highest BCUT2D eigenvalue weighted by molar-refractivity contribution is 7.92. The highest BCUT2D eigenvalue weighted by Gasteiger charge is 2.28. The van der Waals surface area contributed by atoms with Crippen molar-refractivity contribution in [2.45, 2.75) is 25.5 Å². The number of hydrogen-bond donors (Lipinski definition) is 2. The number of ether oxygens (including phenoxy) is 1. The van der Waals surface area contributed by atoms with Crippen LogP contribution in [0.2, 0.25) is 0 Å². The van der Waals surface area contributed by atoms with Crippen LogP contribution in [-0.4, -0.2) is 42.7 Å². The Kier molecular flexibility index (Phi) is 5.18. The van der Waals surface area contributed by atoms with Crippen LogP contribution in [0.5, 0.6) is 5.75 Å². The third-order valence-corrected chi connectivity index (χ3v) is 5.32. The maximum absolute atomic E-state index is 13.2. The van der Waals surface area contributed by atoms with Gasteiger partial charge in [0, 0.05) is 6.07 Å². The molecule has 0 heterocycles. The van der Waals surface area contributed by atoms with Crippen molar-refractivity contribution in [1.29, 1.82) is 0 Å². The normalized spacial score (nSPS) is 12.3. The van der Waals surface area contributed by atoms with Gasteiger partial charge in [-0.3, -0.25) is 0 Å². The van der Waals surface area contributed by atoms with Gasteiger partial charge >= 0.3 is 7.12 Å². The van der Waals surface area contributed by atoms with Crippen molar-refractivity contribution in [2.75, 3.05) is 12.4 Å². The van der Waals surface area contributed by atoms with Crippen molar-refractivity contribution in [2.24, 2.45) is 0 Å². The summed E-state index contributed by atoms with van der Waals surface area (Å²) >= 11 is 0. The highest BCUT2D eigenvalue weighted by Crippen LogP contribution is 2.17. The summed E-state index contributed by atoms with van der Waals surface area (Å²) in [4.78, 5) is 0. The van der Waals surface area contributed by atoms with Crippen molar-refractivity contribution >= 4 is 22.4 Å². The fourth-order valence-electron chi connectivity index (χ4n) is 1.39. The van der Waals surface area contributed by atoms with Gasteiger partial charge in [0.05, 0.1) is 10.5 Å². The summed E-state index contributed by atoms with van der Waals surface area (Å²) in [5.41, 5.74) is -0.0568. The van der Waals surface area contributed by atoms with Gasteiger partial charge in [-0.1, -0.05) is 0 Å². The van der Waals surface area contributed by atoms with Crippen LogP contribution in [0.1, 0.15) is 20.8 Å².